The highest BCUT2D eigenvalue weighted by molar-refractivity contribution is 8.13. The highest BCUT2D eigenvalue weighted by atomic mass is 35.5. The van der Waals surface area contributed by atoms with Crippen molar-refractivity contribution in [2.24, 2.45) is 22.7 Å². The lowest BCUT2D eigenvalue weighted by molar-refractivity contribution is -0.128. The van der Waals surface area contributed by atoms with Crippen molar-refractivity contribution in [2.45, 2.75) is 104 Å². The van der Waals surface area contributed by atoms with E-state index in [0.717, 1.165) is 56.2 Å². The first-order chi connectivity index (χ1) is 15.4. The Morgan fingerprint density at radius 1 is 1.15 bits per heavy atom. The molecular weight excluding hydrogens is 473 g/mol. The van der Waals surface area contributed by atoms with Crippen LogP contribution in [0.15, 0.2) is 17.0 Å². The van der Waals surface area contributed by atoms with Crippen molar-refractivity contribution >= 4 is 51.7 Å². The molecule has 1 aliphatic rings. The second-order valence-electron chi connectivity index (χ2n) is 11.2. The molecule has 0 atom stereocenters. The van der Waals surface area contributed by atoms with Crippen molar-refractivity contribution in [3.63, 3.8) is 0 Å². The van der Waals surface area contributed by atoms with Crippen LogP contribution in [-0.4, -0.2) is 11.0 Å². The smallest absolute Gasteiger partial charge is 0.230 e. The second kappa shape index (κ2) is 12.3. The average molecular weight is 515 g/mol. The molecule has 1 amide bonds. The van der Waals surface area contributed by atoms with Gasteiger partial charge in [0.1, 0.15) is 0 Å². The lowest BCUT2D eigenvalue weighted by atomic mass is 9.66. The Kier molecular flexibility index (Phi) is 10.6. The Hall–Kier alpha value is -0.710. The molecule has 2 rings (SSSR count). The van der Waals surface area contributed by atoms with Gasteiger partial charge in [-0.1, -0.05) is 84.0 Å². The summed E-state index contributed by atoms with van der Waals surface area (Å²) in [4.78, 5) is 27.1. The number of hydrogen-bond acceptors (Lipinski definition) is 3. The van der Waals surface area contributed by atoms with E-state index in [1.54, 1.807) is 12.1 Å². The summed E-state index contributed by atoms with van der Waals surface area (Å²) >= 11 is 13.7. The van der Waals surface area contributed by atoms with Crippen LogP contribution in [0.2, 0.25) is 10.0 Å². The molecule has 0 spiro atoms. The van der Waals surface area contributed by atoms with Crippen LogP contribution in [0.1, 0.15) is 99.3 Å². The van der Waals surface area contributed by atoms with Crippen LogP contribution in [0.25, 0.3) is 0 Å². The van der Waals surface area contributed by atoms with E-state index < -0.39 is 5.41 Å². The van der Waals surface area contributed by atoms with Crippen LogP contribution in [0.4, 0.5) is 5.69 Å². The number of rotatable bonds is 9. The maximum Gasteiger partial charge on any atom is 0.230 e. The molecule has 1 N–H and O–H groups in total. The van der Waals surface area contributed by atoms with Gasteiger partial charge in [0, 0.05) is 15.7 Å². The number of amides is 1. The van der Waals surface area contributed by atoms with Gasteiger partial charge in [0.25, 0.3) is 0 Å². The van der Waals surface area contributed by atoms with Gasteiger partial charge in [-0.3, -0.25) is 9.59 Å². The van der Waals surface area contributed by atoms with E-state index in [0.29, 0.717) is 26.5 Å². The minimum Gasteiger partial charge on any atom is -0.325 e. The number of anilines is 1. The zero-order valence-corrected chi connectivity index (χ0v) is 23.5. The number of nitrogens with one attached hydrogen (secondary N) is 1. The quantitative estimate of drug-likeness (QED) is 0.334. The number of carbonyl (C=O) groups excluding carboxylic acids is 2. The van der Waals surface area contributed by atoms with Gasteiger partial charge >= 0.3 is 0 Å². The summed E-state index contributed by atoms with van der Waals surface area (Å²) in [5.41, 5.74) is -0.295. The van der Waals surface area contributed by atoms with Gasteiger partial charge in [0.15, 0.2) is 5.12 Å². The van der Waals surface area contributed by atoms with Crippen LogP contribution < -0.4 is 5.32 Å². The molecule has 1 fully saturated rings. The Morgan fingerprint density at radius 2 is 1.76 bits per heavy atom. The molecular formula is C27H41Cl2NO2S. The monoisotopic (exact) mass is 513 g/mol. The first kappa shape index (κ1) is 28.5. The molecule has 6 heteroatoms. The Bertz CT molecular complexity index is 824. The summed E-state index contributed by atoms with van der Waals surface area (Å²) in [6.07, 6.45) is 9.73. The normalized spacial score (nSPS) is 21.3. The van der Waals surface area contributed by atoms with E-state index in [2.05, 4.69) is 26.1 Å². The van der Waals surface area contributed by atoms with Gasteiger partial charge in [0.05, 0.1) is 15.7 Å². The van der Waals surface area contributed by atoms with E-state index >= 15 is 0 Å². The number of halogens is 2. The highest BCUT2D eigenvalue weighted by Gasteiger charge is 2.41. The summed E-state index contributed by atoms with van der Waals surface area (Å²) in [5, 5.41) is 3.94. The van der Waals surface area contributed by atoms with E-state index in [1.165, 1.54) is 19.3 Å². The SMILES string of the molecule is CCCCC1CCC(CCC(C)C)(C(=O)Nc2cc(Cl)c(Cl)cc2SC(=O)C(C)(C)C)CC1. The number of benzene rings is 1. The largest absolute Gasteiger partial charge is 0.325 e. The van der Waals surface area contributed by atoms with Gasteiger partial charge in [-0.05, 0) is 74.3 Å². The third-order valence-electron chi connectivity index (χ3n) is 6.80. The molecule has 0 heterocycles. The minimum atomic E-state index is -0.507. The third kappa shape index (κ3) is 8.18. The Morgan fingerprint density at radius 3 is 2.30 bits per heavy atom. The summed E-state index contributed by atoms with van der Waals surface area (Å²) < 4.78 is 0. The summed E-state index contributed by atoms with van der Waals surface area (Å²) in [7, 11) is 0. The third-order valence-corrected chi connectivity index (χ3v) is 8.87. The van der Waals surface area contributed by atoms with Crippen molar-refractivity contribution < 1.29 is 9.59 Å². The van der Waals surface area contributed by atoms with Crippen molar-refractivity contribution in [1.82, 2.24) is 0 Å². The van der Waals surface area contributed by atoms with Crippen molar-refractivity contribution in [2.75, 3.05) is 5.32 Å². The van der Waals surface area contributed by atoms with Crippen LogP contribution in [0.3, 0.4) is 0 Å². The van der Waals surface area contributed by atoms with Crippen molar-refractivity contribution in [3.05, 3.63) is 22.2 Å². The molecule has 3 nitrogen and oxygen atoms in total. The fourth-order valence-electron chi connectivity index (χ4n) is 4.39. The molecule has 1 aromatic rings. The predicted molar refractivity (Wildman–Crippen MR) is 143 cm³/mol. The fraction of sp³-hybridized carbons (Fsp3) is 0.704. The zero-order chi connectivity index (χ0) is 24.8. The van der Waals surface area contributed by atoms with Gasteiger partial charge in [-0.15, -0.1) is 0 Å². The molecule has 0 aromatic heterocycles. The molecule has 186 valence electrons. The lowest BCUT2D eigenvalue weighted by Crippen LogP contribution is -2.40. The highest BCUT2D eigenvalue weighted by Crippen LogP contribution is 2.46. The molecule has 1 saturated carbocycles. The first-order valence-electron chi connectivity index (χ1n) is 12.4. The van der Waals surface area contributed by atoms with Crippen molar-refractivity contribution in [3.8, 4) is 0 Å². The first-order valence-corrected chi connectivity index (χ1v) is 14.0. The number of carbonyl (C=O) groups is 2. The Labute approximate surface area is 215 Å². The van der Waals surface area contributed by atoms with Gasteiger partial charge < -0.3 is 5.32 Å². The maximum absolute atomic E-state index is 13.8. The summed E-state index contributed by atoms with van der Waals surface area (Å²) in [6.45, 7) is 12.3. The molecule has 1 aromatic carbocycles. The van der Waals surface area contributed by atoms with Gasteiger partial charge in [0.2, 0.25) is 5.91 Å². The van der Waals surface area contributed by atoms with Crippen LogP contribution >= 0.6 is 35.0 Å². The second-order valence-corrected chi connectivity index (χ2v) is 13.0. The molecule has 0 bridgehead atoms. The number of hydrogen-bond donors (Lipinski definition) is 1. The standard InChI is InChI=1S/C27H41Cl2NO2S/c1-7-8-9-19-11-14-27(15-12-19,13-10-18(2)3)24(31)30-22-16-20(28)21(29)17-23(22)33-25(32)26(4,5)6/h16-19H,7-15H2,1-6H3,(H,30,31). The lowest BCUT2D eigenvalue weighted by Gasteiger charge is -2.39. The van der Waals surface area contributed by atoms with Gasteiger partial charge in [-0.2, -0.15) is 0 Å². The van der Waals surface area contributed by atoms with E-state index in [4.69, 9.17) is 23.2 Å². The molecule has 0 radical (unpaired) electrons. The van der Waals surface area contributed by atoms with Crippen molar-refractivity contribution in [1.29, 1.82) is 0 Å². The molecule has 0 aliphatic heterocycles. The molecule has 1 aliphatic carbocycles. The Balaban J connectivity index is 2.28. The number of unbranched alkanes of at least 4 members (excludes halogenated alkanes) is 1. The van der Waals surface area contributed by atoms with Crippen LogP contribution in [-0.2, 0) is 9.59 Å². The fourth-order valence-corrected chi connectivity index (χ4v) is 5.68. The molecule has 0 unspecified atom stereocenters. The number of thioether (sulfide) groups is 1. The van der Waals surface area contributed by atoms with Crippen LogP contribution in [0, 0.1) is 22.7 Å². The van der Waals surface area contributed by atoms with E-state index in [1.807, 2.05) is 20.8 Å². The molecule has 0 saturated heterocycles. The topological polar surface area (TPSA) is 46.2 Å². The average Bonchev–Trinajstić information content (AvgIpc) is 2.74. The van der Waals surface area contributed by atoms with Gasteiger partial charge in [-0.25, -0.2) is 0 Å². The maximum atomic E-state index is 13.8. The summed E-state index contributed by atoms with van der Waals surface area (Å²) in [5.74, 6) is 1.33. The minimum absolute atomic E-state index is 0.0161. The zero-order valence-electron chi connectivity index (χ0n) is 21.2. The van der Waals surface area contributed by atoms with E-state index in [-0.39, 0.29) is 16.4 Å². The van der Waals surface area contributed by atoms with E-state index in [9.17, 15) is 9.59 Å². The predicted octanol–water partition coefficient (Wildman–Crippen LogP) is 9.40. The summed E-state index contributed by atoms with van der Waals surface area (Å²) in [6, 6.07) is 3.37. The molecule has 33 heavy (non-hydrogen) atoms. The van der Waals surface area contributed by atoms with Crippen LogP contribution in [0.5, 0.6) is 0 Å².